The molecule has 1 saturated carbocycles. The zero-order valence-electron chi connectivity index (χ0n) is 10.9. The Morgan fingerprint density at radius 2 is 2.05 bits per heavy atom. The minimum absolute atomic E-state index is 0.312. The second-order valence-electron chi connectivity index (χ2n) is 4.91. The molecule has 0 bridgehead atoms. The number of fused-ring (bicyclic) bond motifs is 1. The smallest absolute Gasteiger partial charge is 0.125 e. The Kier molecular flexibility index (Phi) is 3.10. The van der Waals surface area contributed by atoms with E-state index in [-0.39, 0.29) is 6.04 Å². The predicted molar refractivity (Wildman–Crippen MR) is 75.0 cm³/mol. The molecule has 0 spiro atoms. The highest BCUT2D eigenvalue weighted by Crippen LogP contribution is 2.34. The Hall–Kier alpha value is -2.05. The highest BCUT2D eigenvalue weighted by Gasteiger charge is 2.27. The molecule has 1 aliphatic rings. The van der Waals surface area contributed by atoms with Gasteiger partial charge in [-0.1, -0.05) is 30.3 Å². The largest absolute Gasteiger partial charge is 0.496 e. The van der Waals surface area contributed by atoms with E-state index in [1.54, 1.807) is 7.11 Å². The lowest BCUT2D eigenvalue weighted by molar-refractivity contribution is 0.406. The zero-order valence-corrected chi connectivity index (χ0v) is 10.9. The van der Waals surface area contributed by atoms with Gasteiger partial charge in [0.25, 0.3) is 0 Å². The van der Waals surface area contributed by atoms with E-state index in [0.717, 1.165) is 34.9 Å². The van der Waals surface area contributed by atoms with Crippen molar-refractivity contribution in [2.24, 2.45) is 0 Å². The summed E-state index contributed by atoms with van der Waals surface area (Å²) < 4.78 is 5.45. The molecular weight excluding hydrogens is 236 g/mol. The van der Waals surface area contributed by atoms with Crippen LogP contribution in [0.4, 0.5) is 0 Å². The fourth-order valence-corrected chi connectivity index (χ4v) is 2.42. The van der Waals surface area contributed by atoms with Crippen LogP contribution >= 0.6 is 0 Å². The molecule has 1 N–H and O–H groups in total. The third-order valence-electron chi connectivity index (χ3n) is 3.55. The molecule has 3 heteroatoms. The van der Waals surface area contributed by atoms with Crippen molar-refractivity contribution in [3.8, 4) is 11.8 Å². The molecule has 1 aliphatic carbocycles. The van der Waals surface area contributed by atoms with E-state index in [4.69, 9.17) is 4.74 Å². The molecule has 0 saturated heterocycles. The van der Waals surface area contributed by atoms with E-state index >= 15 is 0 Å². The summed E-state index contributed by atoms with van der Waals surface area (Å²) in [4.78, 5) is 0. The fourth-order valence-electron chi connectivity index (χ4n) is 2.42. The van der Waals surface area contributed by atoms with Crippen molar-refractivity contribution >= 4 is 10.8 Å². The maximum Gasteiger partial charge on any atom is 0.125 e. The topological polar surface area (TPSA) is 45.0 Å². The fraction of sp³-hybridized carbons (Fsp3) is 0.312. The molecule has 0 aromatic heterocycles. The Morgan fingerprint density at radius 1 is 1.26 bits per heavy atom. The molecule has 1 atom stereocenters. The minimum atomic E-state index is -0.312. The van der Waals surface area contributed by atoms with E-state index in [1.165, 1.54) is 0 Å². The summed E-state index contributed by atoms with van der Waals surface area (Å²) in [7, 11) is 1.65. The maximum absolute atomic E-state index is 9.47. The average molecular weight is 252 g/mol. The monoisotopic (exact) mass is 252 g/mol. The van der Waals surface area contributed by atoms with Gasteiger partial charge in [-0.2, -0.15) is 5.26 Å². The van der Waals surface area contributed by atoms with E-state index in [0.29, 0.717) is 6.04 Å². The lowest BCUT2D eigenvalue weighted by atomic mass is 9.98. The Bertz CT molecular complexity index is 641. The van der Waals surface area contributed by atoms with Crippen LogP contribution in [0, 0.1) is 11.3 Å². The normalized spacial score (nSPS) is 16.0. The zero-order chi connectivity index (χ0) is 13.2. The molecule has 3 nitrogen and oxygen atoms in total. The first-order valence-corrected chi connectivity index (χ1v) is 6.55. The first kappa shape index (κ1) is 12.0. The van der Waals surface area contributed by atoms with Gasteiger partial charge in [0, 0.05) is 11.6 Å². The van der Waals surface area contributed by atoms with E-state index in [2.05, 4.69) is 17.5 Å². The van der Waals surface area contributed by atoms with Crippen LogP contribution < -0.4 is 10.1 Å². The summed E-state index contributed by atoms with van der Waals surface area (Å²) in [6, 6.07) is 14.6. The number of methoxy groups -OCH3 is 1. The third kappa shape index (κ3) is 2.27. The summed E-state index contributed by atoms with van der Waals surface area (Å²) in [5.74, 6) is 0.776. The molecule has 96 valence electrons. The molecule has 0 aliphatic heterocycles. The van der Waals surface area contributed by atoms with Crippen molar-refractivity contribution in [1.29, 1.82) is 5.26 Å². The molecule has 2 aromatic carbocycles. The minimum Gasteiger partial charge on any atom is -0.496 e. The summed E-state index contributed by atoms with van der Waals surface area (Å²) >= 11 is 0. The molecule has 0 heterocycles. The van der Waals surface area contributed by atoms with Gasteiger partial charge in [0.15, 0.2) is 0 Å². The van der Waals surface area contributed by atoms with Crippen LogP contribution in [0.25, 0.3) is 10.8 Å². The molecule has 1 unspecified atom stereocenters. The molecule has 0 radical (unpaired) electrons. The molecule has 3 rings (SSSR count). The van der Waals surface area contributed by atoms with Crippen molar-refractivity contribution in [1.82, 2.24) is 5.32 Å². The number of nitrogens with zero attached hydrogens (tertiary/aromatic N) is 1. The summed E-state index contributed by atoms with van der Waals surface area (Å²) in [5, 5.41) is 15.1. The maximum atomic E-state index is 9.47. The van der Waals surface area contributed by atoms with Crippen LogP contribution in [0.1, 0.15) is 24.4 Å². The van der Waals surface area contributed by atoms with Crippen LogP contribution in [-0.4, -0.2) is 13.2 Å². The SMILES string of the molecule is COc1ccc2ccccc2c1C(C#N)NC1CC1. The average Bonchev–Trinajstić information content (AvgIpc) is 3.27. The summed E-state index contributed by atoms with van der Waals surface area (Å²) in [5.41, 5.74) is 0.954. The van der Waals surface area contributed by atoms with Crippen LogP contribution in [0.2, 0.25) is 0 Å². The standard InChI is InChI=1S/C16H16N2O/c1-19-15-9-6-11-4-2-3-5-13(11)16(15)14(10-17)18-12-7-8-12/h2-6,9,12,14,18H,7-8H2,1H3. The lowest BCUT2D eigenvalue weighted by Crippen LogP contribution is -2.22. The van der Waals surface area contributed by atoms with Crippen LogP contribution in [0.3, 0.4) is 0 Å². The molecule has 19 heavy (non-hydrogen) atoms. The number of hydrogen-bond donors (Lipinski definition) is 1. The van der Waals surface area contributed by atoms with Crippen molar-refractivity contribution in [3.63, 3.8) is 0 Å². The Balaban J connectivity index is 2.14. The van der Waals surface area contributed by atoms with Crippen LogP contribution in [0.5, 0.6) is 5.75 Å². The number of ether oxygens (including phenoxy) is 1. The number of nitriles is 1. The van der Waals surface area contributed by atoms with E-state index in [9.17, 15) is 5.26 Å². The van der Waals surface area contributed by atoms with Crippen molar-refractivity contribution in [2.75, 3.05) is 7.11 Å². The van der Waals surface area contributed by atoms with Crippen LogP contribution in [0.15, 0.2) is 36.4 Å². The Morgan fingerprint density at radius 3 is 2.74 bits per heavy atom. The molecular formula is C16H16N2O. The van der Waals surface area contributed by atoms with Gasteiger partial charge in [0.1, 0.15) is 11.8 Å². The van der Waals surface area contributed by atoms with Crippen LogP contribution in [-0.2, 0) is 0 Å². The number of rotatable bonds is 4. The number of benzene rings is 2. The van der Waals surface area contributed by atoms with Crippen molar-refractivity contribution in [2.45, 2.75) is 24.9 Å². The van der Waals surface area contributed by atoms with Crippen molar-refractivity contribution in [3.05, 3.63) is 42.0 Å². The highest BCUT2D eigenvalue weighted by molar-refractivity contribution is 5.88. The molecule has 1 fully saturated rings. The number of nitrogens with one attached hydrogen (secondary N) is 1. The predicted octanol–water partition coefficient (Wildman–Crippen LogP) is 3.17. The van der Waals surface area contributed by atoms with Gasteiger partial charge in [0.2, 0.25) is 0 Å². The quantitative estimate of drug-likeness (QED) is 0.909. The third-order valence-corrected chi connectivity index (χ3v) is 3.55. The molecule has 2 aromatic rings. The first-order chi connectivity index (χ1) is 9.33. The van der Waals surface area contributed by atoms with Gasteiger partial charge in [0.05, 0.1) is 13.2 Å². The second kappa shape index (κ2) is 4.91. The molecule has 0 amide bonds. The van der Waals surface area contributed by atoms with Gasteiger partial charge in [-0.05, 0) is 29.7 Å². The van der Waals surface area contributed by atoms with E-state index < -0.39 is 0 Å². The highest BCUT2D eigenvalue weighted by atomic mass is 16.5. The second-order valence-corrected chi connectivity index (χ2v) is 4.91. The van der Waals surface area contributed by atoms with Crippen molar-refractivity contribution < 1.29 is 4.74 Å². The van der Waals surface area contributed by atoms with Gasteiger partial charge in [-0.3, -0.25) is 5.32 Å². The first-order valence-electron chi connectivity index (χ1n) is 6.55. The van der Waals surface area contributed by atoms with Gasteiger partial charge < -0.3 is 4.74 Å². The van der Waals surface area contributed by atoms with Gasteiger partial charge in [-0.15, -0.1) is 0 Å². The summed E-state index contributed by atoms with van der Waals surface area (Å²) in [6.07, 6.45) is 2.32. The lowest BCUT2D eigenvalue weighted by Gasteiger charge is -2.17. The number of hydrogen-bond acceptors (Lipinski definition) is 3. The van der Waals surface area contributed by atoms with Gasteiger partial charge in [-0.25, -0.2) is 0 Å². The summed E-state index contributed by atoms with van der Waals surface area (Å²) in [6.45, 7) is 0. The van der Waals surface area contributed by atoms with E-state index in [1.807, 2.05) is 30.3 Å². The van der Waals surface area contributed by atoms with Gasteiger partial charge >= 0.3 is 0 Å². The Labute approximate surface area is 112 Å².